The highest BCUT2D eigenvalue weighted by atomic mass is 35.5. The van der Waals surface area contributed by atoms with Crippen molar-refractivity contribution < 1.29 is 18.0 Å². The van der Waals surface area contributed by atoms with Gasteiger partial charge in [0.05, 0.1) is 9.92 Å². The first-order valence-electron chi connectivity index (χ1n) is 6.94. The Morgan fingerprint density at radius 2 is 2.05 bits per heavy atom. The first-order valence-corrected chi connectivity index (χ1v) is 8.97. The minimum atomic E-state index is -3.84. The van der Waals surface area contributed by atoms with Crippen LogP contribution in [0.15, 0.2) is 29.2 Å². The summed E-state index contributed by atoms with van der Waals surface area (Å²) in [7, 11) is -3.84. The van der Waals surface area contributed by atoms with Crippen molar-refractivity contribution in [2.45, 2.75) is 30.2 Å². The smallest absolute Gasteiger partial charge is 0.242 e. The minimum Gasteiger partial charge on any atom is -0.354 e. The molecule has 0 saturated carbocycles. The van der Waals surface area contributed by atoms with Crippen molar-refractivity contribution in [2.75, 3.05) is 12.3 Å². The second kappa shape index (κ2) is 7.11. The molecule has 0 radical (unpaired) electrons. The normalized spacial score (nSPS) is 19.1. The molecule has 2 N–H and O–H groups in total. The van der Waals surface area contributed by atoms with Gasteiger partial charge in [0, 0.05) is 6.54 Å². The largest absolute Gasteiger partial charge is 0.354 e. The van der Waals surface area contributed by atoms with Crippen LogP contribution in [0.25, 0.3) is 0 Å². The summed E-state index contributed by atoms with van der Waals surface area (Å²) in [6.45, 7) is 0.573. The summed E-state index contributed by atoms with van der Waals surface area (Å²) in [4.78, 5) is 23.6. The van der Waals surface area contributed by atoms with Gasteiger partial charge in [-0.05, 0) is 31.4 Å². The number of carbonyl (C=O) groups is 2. The lowest BCUT2D eigenvalue weighted by atomic mass is 10.1. The van der Waals surface area contributed by atoms with Gasteiger partial charge in [-0.2, -0.15) is 0 Å². The van der Waals surface area contributed by atoms with E-state index in [4.69, 9.17) is 11.6 Å². The van der Waals surface area contributed by atoms with Crippen molar-refractivity contribution in [3.63, 3.8) is 0 Å². The van der Waals surface area contributed by atoms with Gasteiger partial charge in [-0.15, -0.1) is 0 Å². The van der Waals surface area contributed by atoms with Crippen molar-refractivity contribution >= 4 is 33.3 Å². The monoisotopic (exact) mass is 344 g/mol. The molecule has 6 nitrogen and oxygen atoms in total. The van der Waals surface area contributed by atoms with Crippen LogP contribution in [0.5, 0.6) is 0 Å². The quantitative estimate of drug-likeness (QED) is 0.848. The number of rotatable bonds is 4. The topological polar surface area (TPSA) is 92.3 Å². The van der Waals surface area contributed by atoms with Crippen molar-refractivity contribution in [1.29, 1.82) is 0 Å². The van der Waals surface area contributed by atoms with Gasteiger partial charge < -0.3 is 10.6 Å². The maximum absolute atomic E-state index is 12.2. The van der Waals surface area contributed by atoms with Crippen LogP contribution < -0.4 is 10.6 Å². The predicted octanol–water partition coefficient (Wildman–Crippen LogP) is 0.899. The zero-order valence-corrected chi connectivity index (χ0v) is 13.4. The number of hydrogen-bond donors (Lipinski definition) is 2. The molecule has 1 aromatic rings. The van der Waals surface area contributed by atoms with Gasteiger partial charge in [0.15, 0.2) is 9.84 Å². The predicted molar refractivity (Wildman–Crippen MR) is 82.3 cm³/mol. The van der Waals surface area contributed by atoms with Gasteiger partial charge in [-0.3, -0.25) is 9.59 Å². The third-order valence-corrected chi connectivity index (χ3v) is 5.47. The van der Waals surface area contributed by atoms with Crippen LogP contribution in [0.2, 0.25) is 5.02 Å². The van der Waals surface area contributed by atoms with E-state index in [0.717, 1.165) is 12.8 Å². The number of sulfone groups is 1. The molecule has 1 fully saturated rings. The van der Waals surface area contributed by atoms with Gasteiger partial charge in [0.1, 0.15) is 11.8 Å². The summed E-state index contributed by atoms with van der Waals surface area (Å²) in [6, 6.07) is 5.26. The van der Waals surface area contributed by atoms with Crippen LogP contribution in [0, 0.1) is 0 Å². The van der Waals surface area contributed by atoms with E-state index < -0.39 is 27.5 Å². The van der Waals surface area contributed by atoms with E-state index in [1.165, 1.54) is 18.2 Å². The molecule has 1 aliphatic heterocycles. The summed E-state index contributed by atoms with van der Waals surface area (Å²) in [6.07, 6.45) is 2.14. The number of amides is 2. The second-order valence-electron chi connectivity index (χ2n) is 5.10. The molecule has 1 aliphatic rings. The van der Waals surface area contributed by atoms with E-state index in [1.807, 2.05) is 0 Å². The van der Waals surface area contributed by atoms with Crippen LogP contribution in [0.1, 0.15) is 19.3 Å². The van der Waals surface area contributed by atoms with Crippen molar-refractivity contribution in [3.05, 3.63) is 29.3 Å². The van der Waals surface area contributed by atoms with E-state index >= 15 is 0 Å². The zero-order valence-electron chi connectivity index (χ0n) is 11.8. The lowest BCUT2D eigenvalue weighted by Crippen LogP contribution is -2.47. The Balaban J connectivity index is 2.05. The van der Waals surface area contributed by atoms with Gasteiger partial charge >= 0.3 is 0 Å². The SMILES string of the molecule is O=C(CS(=O)(=O)c1ccccc1Cl)N[C@@H]1CCCCNC1=O. The second-order valence-corrected chi connectivity index (χ2v) is 7.46. The number of benzene rings is 1. The highest BCUT2D eigenvalue weighted by Crippen LogP contribution is 2.21. The molecule has 1 heterocycles. The first-order chi connectivity index (χ1) is 10.4. The first kappa shape index (κ1) is 16.8. The molecule has 0 aromatic heterocycles. The summed E-state index contributed by atoms with van der Waals surface area (Å²) < 4.78 is 24.4. The molecule has 2 amide bonds. The van der Waals surface area contributed by atoms with Gasteiger partial charge in [-0.1, -0.05) is 23.7 Å². The van der Waals surface area contributed by atoms with Crippen LogP contribution in [0.4, 0.5) is 0 Å². The Labute approximate surface area is 134 Å². The lowest BCUT2D eigenvalue weighted by molar-refractivity contribution is -0.127. The number of carbonyl (C=O) groups excluding carboxylic acids is 2. The number of nitrogens with one attached hydrogen (secondary N) is 2. The Hall–Kier alpha value is -1.60. The molecule has 0 spiro atoms. The van der Waals surface area contributed by atoms with Crippen molar-refractivity contribution in [1.82, 2.24) is 10.6 Å². The fraction of sp³-hybridized carbons (Fsp3) is 0.429. The molecular weight excluding hydrogens is 328 g/mol. The molecule has 0 bridgehead atoms. The van der Waals surface area contributed by atoms with Crippen LogP contribution in [0.3, 0.4) is 0 Å². The Morgan fingerprint density at radius 3 is 2.77 bits per heavy atom. The lowest BCUT2D eigenvalue weighted by Gasteiger charge is -2.15. The van der Waals surface area contributed by atoms with Gasteiger partial charge in [0.25, 0.3) is 0 Å². The van der Waals surface area contributed by atoms with E-state index in [9.17, 15) is 18.0 Å². The molecule has 1 atom stereocenters. The molecular formula is C14H17ClN2O4S. The molecule has 120 valence electrons. The summed E-state index contributed by atoms with van der Waals surface area (Å²) in [5.41, 5.74) is 0. The van der Waals surface area contributed by atoms with Gasteiger partial charge in [0.2, 0.25) is 11.8 Å². The third kappa shape index (κ3) is 4.20. The Kier molecular flexibility index (Phi) is 5.42. The van der Waals surface area contributed by atoms with E-state index in [-0.39, 0.29) is 15.8 Å². The highest BCUT2D eigenvalue weighted by molar-refractivity contribution is 7.92. The summed E-state index contributed by atoms with van der Waals surface area (Å²) >= 11 is 5.85. The fourth-order valence-electron chi connectivity index (χ4n) is 2.26. The van der Waals surface area contributed by atoms with Crippen molar-refractivity contribution in [2.24, 2.45) is 0 Å². The molecule has 1 aromatic carbocycles. The summed E-state index contributed by atoms with van der Waals surface area (Å²) in [5.74, 6) is -1.72. The van der Waals surface area contributed by atoms with E-state index in [2.05, 4.69) is 10.6 Å². The number of hydrogen-bond acceptors (Lipinski definition) is 4. The van der Waals surface area contributed by atoms with E-state index in [0.29, 0.717) is 13.0 Å². The fourth-order valence-corrected chi connectivity index (χ4v) is 3.98. The minimum absolute atomic E-state index is 0.0718. The third-order valence-electron chi connectivity index (χ3n) is 3.36. The highest BCUT2D eigenvalue weighted by Gasteiger charge is 2.26. The summed E-state index contributed by atoms with van der Waals surface area (Å²) in [5, 5.41) is 5.23. The average Bonchev–Trinajstić information content (AvgIpc) is 2.64. The van der Waals surface area contributed by atoms with Crippen LogP contribution in [-0.4, -0.2) is 38.6 Å². The standard InChI is InChI=1S/C14H17ClN2O4S/c15-10-5-1-2-7-12(10)22(20,21)9-13(18)17-11-6-3-4-8-16-14(11)19/h1-2,5,7,11H,3-4,6,8-9H2,(H,16,19)(H,17,18)/t11-/m1/s1. The molecule has 1 saturated heterocycles. The molecule has 8 heteroatoms. The Bertz CT molecular complexity index is 675. The number of halogens is 1. The Morgan fingerprint density at radius 1 is 1.32 bits per heavy atom. The maximum Gasteiger partial charge on any atom is 0.242 e. The zero-order chi connectivity index (χ0) is 16.2. The molecule has 2 rings (SSSR count). The van der Waals surface area contributed by atoms with Crippen LogP contribution >= 0.6 is 11.6 Å². The average molecular weight is 345 g/mol. The maximum atomic E-state index is 12.2. The van der Waals surface area contributed by atoms with Crippen molar-refractivity contribution in [3.8, 4) is 0 Å². The van der Waals surface area contributed by atoms with E-state index in [1.54, 1.807) is 6.07 Å². The van der Waals surface area contributed by atoms with Crippen LogP contribution in [-0.2, 0) is 19.4 Å². The molecule has 0 unspecified atom stereocenters. The van der Waals surface area contributed by atoms with Gasteiger partial charge in [-0.25, -0.2) is 8.42 Å². The molecule has 0 aliphatic carbocycles. The molecule has 22 heavy (non-hydrogen) atoms.